The van der Waals surface area contributed by atoms with E-state index in [1.165, 1.54) is 0 Å². The van der Waals surface area contributed by atoms with Crippen molar-refractivity contribution < 1.29 is 4.79 Å². The summed E-state index contributed by atoms with van der Waals surface area (Å²) in [5, 5.41) is 14.9. The summed E-state index contributed by atoms with van der Waals surface area (Å²) in [5.41, 5.74) is 1.44. The molecule has 0 aromatic heterocycles. The van der Waals surface area contributed by atoms with E-state index in [1.807, 2.05) is 11.9 Å². The van der Waals surface area contributed by atoms with Crippen LogP contribution in [0.15, 0.2) is 24.3 Å². The first-order chi connectivity index (χ1) is 9.56. The fraction of sp³-hybridized carbons (Fsp3) is 0.467. The Hall–Kier alpha value is -2.06. The normalized spacial score (nSPS) is 17.4. The quantitative estimate of drug-likeness (QED) is 0.867. The van der Waals surface area contributed by atoms with E-state index in [9.17, 15) is 4.79 Å². The maximum Gasteiger partial charge on any atom is 0.321 e. The van der Waals surface area contributed by atoms with Crippen LogP contribution in [0, 0.1) is 11.3 Å². The lowest BCUT2D eigenvalue weighted by molar-refractivity contribution is 0.163. The van der Waals surface area contributed by atoms with Crippen LogP contribution in [0.3, 0.4) is 0 Å². The molecule has 5 nitrogen and oxygen atoms in total. The first kappa shape index (κ1) is 14.4. The first-order valence-electron chi connectivity index (χ1n) is 6.81. The summed E-state index contributed by atoms with van der Waals surface area (Å²) < 4.78 is 0. The number of benzene rings is 1. The molecular formula is C15H20N4O. The largest absolute Gasteiger partial charge is 0.324 e. The van der Waals surface area contributed by atoms with Gasteiger partial charge in [0.25, 0.3) is 0 Å². The molecule has 1 heterocycles. The second kappa shape index (κ2) is 5.93. The summed E-state index contributed by atoms with van der Waals surface area (Å²) in [6.45, 7) is 3.68. The molecule has 2 rings (SSSR count). The van der Waals surface area contributed by atoms with Crippen LogP contribution in [0.25, 0.3) is 0 Å². The van der Waals surface area contributed by atoms with Crippen molar-refractivity contribution >= 4 is 11.7 Å². The van der Waals surface area contributed by atoms with Gasteiger partial charge in [-0.2, -0.15) is 5.26 Å². The summed E-state index contributed by atoms with van der Waals surface area (Å²) in [6.07, 6.45) is 1.90. The number of nitriles is 1. The molecule has 0 bridgehead atoms. The number of urea groups is 1. The highest BCUT2D eigenvalue weighted by atomic mass is 16.2. The van der Waals surface area contributed by atoms with Crippen molar-refractivity contribution in [3.63, 3.8) is 0 Å². The number of amides is 2. The third-order valence-corrected chi connectivity index (χ3v) is 4.02. The third-order valence-electron chi connectivity index (χ3n) is 4.02. The summed E-state index contributed by atoms with van der Waals surface area (Å²) in [4.78, 5) is 14.0. The Kier molecular flexibility index (Phi) is 4.26. The molecule has 0 unspecified atom stereocenters. The van der Waals surface area contributed by atoms with Gasteiger partial charge < -0.3 is 15.5 Å². The number of carbonyl (C=O) groups is 1. The smallest absolute Gasteiger partial charge is 0.321 e. The van der Waals surface area contributed by atoms with Crippen LogP contribution in [0.5, 0.6) is 0 Å². The number of nitrogens with zero attached hydrogens (tertiary/aromatic N) is 2. The van der Waals surface area contributed by atoms with E-state index in [0.717, 1.165) is 31.6 Å². The van der Waals surface area contributed by atoms with Gasteiger partial charge in [0.1, 0.15) is 0 Å². The lowest BCUT2D eigenvalue weighted by Gasteiger charge is -2.39. The summed E-state index contributed by atoms with van der Waals surface area (Å²) in [7, 11) is 1.96. The van der Waals surface area contributed by atoms with Gasteiger partial charge in [-0.1, -0.05) is 0 Å². The zero-order chi connectivity index (χ0) is 14.6. The zero-order valence-corrected chi connectivity index (χ0v) is 11.9. The number of anilines is 1. The van der Waals surface area contributed by atoms with Crippen LogP contribution in [-0.4, -0.2) is 36.6 Å². The van der Waals surface area contributed by atoms with Gasteiger partial charge in [-0.25, -0.2) is 4.79 Å². The fourth-order valence-corrected chi connectivity index (χ4v) is 2.28. The maximum absolute atomic E-state index is 12.2. The predicted octanol–water partition coefficient (Wildman–Crippen LogP) is 2.16. The van der Waals surface area contributed by atoms with E-state index in [1.54, 1.807) is 24.3 Å². The summed E-state index contributed by atoms with van der Waals surface area (Å²) in [6, 6.07) is 8.87. The van der Waals surface area contributed by atoms with Gasteiger partial charge in [-0.05, 0) is 51.1 Å². The minimum Gasteiger partial charge on any atom is -0.324 e. The fourth-order valence-electron chi connectivity index (χ4n) is 2.28. The van der Waals surface area contributed by atoms with Crippen LogP contribution in [0.4, 0.5) is 10.5 Å². The third kappa shape index (κ3) is 3.28. The van der Waals surface area contributed by atoms with Crippen molar-refractivity contribution in [3.8, 4) is 6.07 Å². The minimum absolute atomic E-state index is 0.0761. The molecular weight excluding hydrogens is 252 g/mol. The molecule has 1 saturated heterocycles. The molecule has 106 valence electrons. The molecule has 1 fully saturated rings. The van der Waals surface area contributed by atoms with Crippen molar-refractivity contribution in [2.45, 2.75) is 25.3 Å². The van der Waals surface area contributed by atoms with Crippen molar-refractivity contribution in [2.75, 3.05) is 25.5 Å². The maximum atomic E-state index is 12.2. The zero-order valence-electron chi connectivity index (χ0n) is 11.9. The summed E-state index contributed by atoms with van der Waals surface area (Å²) in [5.74, 6) is 0. The van der Waals surface area contributed by atoms with Gasteiger partial charge in [0.15, 0.2) is 0 Å². The molecule has 1 aliphatic rings. The molecule has 0 radical (unpaired) electrons. The van der Waals surface area contributed by atoms with Crippen molar-refractivity contribution in [1.82, 2.24) is 10.2 Å². The van der Waals surface area contributed by atoms with Crippen LogP contribution >= 0.6 is 0 Å². The SMILES string of the molecule is CNC1(C)CCN(C(=O)Nc2ccc(C#N)cc2)CC1. The van der Waals surface area contributed by atoms with Crippen molar-refractivity contribution in [2.24, 2.45) is 0 Å². The average molecular weight is 272 g/mol. The molecule has 2 N–H and O–H groups in total. The van der Waals surface area contributed by atoms with Crippen LogP contribution < -0.4 is 10.6 Å². The second-order valence-electron chi connectivity index (χ2n) is 5.42. The molecule has 1 aromatic carbocycles. The number of piperidine rings is 1. The topological polar surface area (TPSA) is 68.2 Å². The van der Waals surface area contributed by atoms with E-state index in [2.05, 4.69) is 23.6 Å². The van der Waals surface area contributed by atoms with Gasteiger partial charge in [0, 0.05) is 24.3 Å². The van der Waals surface area contributed by atoms with Gasteiger partial charge in [-0.15, -0.1) is 0 Å². The Labute approximate surface area is 119 Å². The highest BCUT2D eigenvalue weighted by Gasteiger charge is 2.30. The van der Waals surface area contributed by atoms with E-state index in [0.29, 0.717) is 5.56 Å². The lowest BCUT2D eigenvalue weighted by Crippen LogP contribution is -2.52. The van der Waals surface area contributed by atoms with Gasteiger partial charge >= 0.3 is 6.03 Å². The second-order valence-corrected chi connectivity index (χ2v) is 5.42. The number of hydrogen-bond acceptors (Lipinski definition) is 3. The standard InChI is InChI=1S/C15H20N4O/c1-15(17-2)7-9-19(10-8-15)14(20)18-13-5-3-12(11-16)4-6-13/h3-6,17H,7-10H2,1-2H3,(H,18,20). The highest BCUT2D eigenvalue weighted by molar-refractivity contribution is 5.89. The molecule has 1 aromatic rings. The van der Waals surface area contributed by atoms with Crippen molar-refractivity contribution in [1.29, 1.82) is 5.26 Å². The van der Waals surface area contributed by atoms with E-state index >= 15 is 0 Å². The predicted molar refractivity (Wildman–Crippen MR) is 78.4 cm³/mol. The molecule has 2 amide bonds. The number of likely N-dealkylation sites (tertiary alicyclic amines) is 1. The molecule has 1 aliphatic heterocycles. The Bertz CT molecular complexity index is 510. The molecule has 20 heavy (non-hydrogen) atoms. The molecule has 0 aliphatic carbocycles. The lowest BCUT2D eigenvalue weighted by atomic mass is 9.90. The monoisotopic (exact) mass is 272 g/mol. The Morgan fingerprint density at radius 2 is 1.90 bits per heavy atom. The van der Waals surface area contributed by atoms with Gasteiger partial charge in [0.2, 0.25) is 0 Å². The van der Waals surface area contributed by atoms with E-state index in [4.69, 9.17) is 5.26 Å². The number of hydrogen-bond donors (Lipinski definition) is 2. The number of carbonyl (C=O) groups excluding carboxylic acids is 1. The average Bonchev–Trinajstić information content (AvgIpc) is 2.48. The Morgan fingerprint density at radius 3 is 2.40 bits per heavy atom. The van der Waals surface area contributed by atoms with E-state index in [-0.39, 0.29) is 11.6 Å². The van der Waals surface area contributed by atoms with Crippen molar-refractivity contribution in [3.05, 3.63) is 29.8 Å². The van der Waals surface area contributed by atoms with Gasteiger partial charge in [-0.3, -0.25) is 0 Å². The molecule has 5 heteroatoms. The van der Waals surface area contributed by atoms with E-state index < -0.39 is 0 Å². The minimum atomic E-state index is -0.0761. The number of rotatable bonds is 2. The first-order valence-corrected chi connectivity index (χ1v) is 6.81. The Morgan fingerprint density at radius 1 is 1.30 bits per heavy atom. The van der Waals surface area contributed by atoms with Crippen LogP contribution in [-0.2, 0) is 0 Å². The van der Waals surface area contributed by atoms with Crippen LogP contribution in [0.1, 0.15) is 25.3 Å². The highest BCUT2D eigenvalue weighted by Crippen LogP contribution is 2.21. The number of nitrogens with one attached hydrogen (secondary N) is 2. The molecule has 0 spiro atoms. The summed E-state index contributed by atoms with van der Waals surface area (Å²) >= 11 is 0. The van der Waals surface area contributed by atoms with Crippen LogP contribution in [0.2, 0.25) is 0 Å². The molecule has 0 atom stereocenters. The molecule has 0 saturated carbocycles. The van der Waals surface area contributed by atoms with Gasteiger partial charge in [0.05, 0.1) is 11.6 Å². The Balaban J connectivity index is 1.91.